The number of hydrogen-bond donors (Lipinski definition) is 0. The minimum Gasteiger partial charge on any atom is -0.489 e. The molecule has 1 aliphatic heterocycles. The van der Waals surface area contributed by atoms with E-state index < -0.39 is 0 Å². The van der Waals surface area contributed by atoms with Gasteiger partial charge >= 0.3 is 0 Å². The summed E-state index contributed by atoms with van der Waals surface area (Å²) in [4.78, 5) is 2.26. The van der Waals surface area contributed by atoms with Crippen LogP contribution in [0.5, 0.6) is 5.75 Å². The molecule has 1 saturated heterocycles. The van der Waals surface area contributed by atoms with Crippen LogP contribution in [0.25, 0.3) is 0 Å². The number of halogens is 2. The van der Waals surface area contributed by atoms with Crippen molar-refractivity contribution in [3.63, 3.8) is 0 Å². The van der Waals surface area contributed by atoms with Crippen LogP contribution in [0.2, 0.25) is 0 Å². The van der Waals surface area contributed by atoms with E-state index in [9.17, 15) is 8.78 Å². The van der Waals surface area contributed by atoms with Crippen LogP contribution >= 0.6 is 0 Å². The second-order valence-electron chi connectivity index (χ2n) is 5.66. The highest BCUT2D eigenvalue weighted by atomic mass is 19.1. The lowest BCUT2D eigenvalue weighted by Crippen LogP contribution is -2.19. The Morgan fingerprint density at radius 2 is 1.82 bits per heavy atom. The summed E-state index contributed by atoms with van der Waals surface area (Å²) in [6, 6.07) is 11.2. The first-order valence-electron chi connectivity index (χ1n) is 7.59. The van der Waals surface area contributed by atoms with Gasteiger partial charge in [-0.15, -0.1) is 0 Å². The van der Waals surface area contributed by atoms with Crippen LogP contribution in [-0.4, -0.2) is 18.0 Å². The molecule has 0 spiro atoms. The van der Waals surface area contributed by atoms with E-state index in [0.717, 1.165) is 18.7 Å². The third-order valence-corrected chi connectivity index (χ3v) is 3.91. The van der Waals surface area contributed by atoms with Gasteiger partial charge in [0.1, 0.15) is 24.0 Å². The Balaban J connectivity index is 1.61. The zero-order valence-electron chi connectivity index (χ0n) is 12.4. The number of hydrogen-bond acceptors (Lipinski definition) is 2. The highest BCUT2D eigenvalue weighted by Crippen LogP contribution is 2.21. The van der Waals surface area contributed by atoms with E-state index in [1.54, 1.807) is 24.3 Å². The van der Waals surface area contributed by atoms with Gasteiger partial charge in [0.15, 0.2) is 0 Å². The van der Waals surface area contributed by atoms with Gasteiger partial charge in [-0.05, 0) is 49.7 Å². The van der Waals surface area contributed by atoms with Crippen molar-refractivity contribution in [2.75, 3.05) is 13.1 Å². The zero-order chi connectivity index (χ0) is 15.4. The molecule has 0 amide bonds. The Hall–Kier alpha value is -1.94. The molecule has 0 radical (unpaired) electrons. The standard InChI is InChI=1S/C18H19F2NO/c19-16-5-3-4-14(10-16)13-22-17-7-6-15(18(20)11-17)12-21-8-1-2-9-21/h3-7,10-11H,1-2,8-9,12-13H2. The Labute approximate surface area is 129 Å². The average Bonchev–Trinajstić information content (AvgIpc) is 3.01. The van der Waals surface area contributed by atoms with Crippen LogP contribution in [0.1, 0.15) is 24.0 Å². The summed E-state index contributed by atoms with van der Waals surface area (Å²) >= 11 is 0. The normalized spacial score (nSPS) is 15.2. The molecule has 2 nitrogen and oxygen atoms in total. The van der Waals surface area contributed by atoms with E-state index in [0.29, 0.717) is 17.9 Å². The molecule has 3 rings (SSSR count). The highest BCUT2D eigenvalue weighted by Gasteiger charge is 2.14. The predicted molar refractivity (Wildman–Crippen MR) is 81.6 cm³/mol. The minimum atomic E-state index is -0.298. The largest absolute Gasteiger partial charge is 0.489 e. The fourth-order valence-electron chi connectivity index (χ4n) is 2.72. The summed E-state index contributed by atoms with van der Waals surface area (Å²) in [7, 11) is 0. The predicted octanol–water partition coefficient (Wildman–Crippen LogP) is 4.14. The number of benzene rings is 2. The second-order valence-corrected chi connectivity index (χ2v) is 5.66. The second kappa shape index (κ2) is 6.88. The Morgan fingerprint density at radius 3 is 2.55 bits per heavy atom. The Kier molecular flexibility index (Phi) is 4.68. The quantitative estimate of drug-likeness (QED) is 0.823. The topological polar surface area (TPSA) is 12.5 Å². The van der Waals surface area contributed by atoms with Crippen LogP contribution in [0.3, 0.4) is 0 Å². The van der Waals surface area contributed by atoms with Crippen molar-refractivity contribution in [2.45, 2.75) is 26.0 Å². The first-order valence-corrected chi connectivity index (χ1v) is 7.59. The van der Waals surface area contributed by atoms with Crippen LogP contribution < -0.4 is 4.74 Å². The molecule has 116 valence electrons. The molecule has 0 bridgehead atoms. The molecule has 0 aromatic heterocycles. The number of ether oxygens (including phenoxy) is 1. The van der Waals surface area contributed by atoms with E-state index in [1.165, 1.54) is 31.0 Å². The van der Waals surface area contributed by atoms with Crippen molar-refractivity contribution in [1.29, 1.82) is 0 Å². The fourth-order valence-corrected chi connectivity index (χ4v) is 2.72. The van der Waals surface area contributed by atoms with Crippen molar-refractivity contribution >= 4 is 0 Å². The van der Waals surface area contributed by atoms with E-state index in [-0.39, 0.29) is 18.2 Å². The molecule has 1 aliphatic rings. The lowest BCUT2D eigenvalue weighted by molar-refractivity contribution is 0.301. The zero-order valence-corrected chi connectivity index (χ0v) is 12.4. The van der Waals surface area contributed by atoms with E-state index in [2.05, 4.69) is 4.90 Å². The average molecular weight is 303 g/mol. The summed E-state index contributed by atoms with van der Waals surface area (Å²) in [5.74, 6) is -0.0798. The van der Waals surface area contributed by atoms with Crippen molar-refractivity contribution in [3.8, 4) is 5.75 Å². The van der Waals surface area contributed by atoms with Crippen molar-refractivity contribution < 1.29 is 13.5 Å². The SMILES string of the molecule is Fc1cccc(COc2ccc(CN3CCCC3)c(F)c2)c1. The van der Waals surface area contributed by atoms with Gasteiger partial charge in [0.25, 0.3) is 0 Å². The molecule has 1 fully saturated rings. The van der Waals surface area contributed by atoms with Gasteiger partial charge in [0.2, 0.25) is 0 Å². The van der Waals surface area contributed by atoms with Crippen molar-refractivity contribution in [3.05, 3.63) is 65.2 Å². The first kappa shape index (κ1) is 15.0. The summed E-state index contributed by atoms with van der Waals surface area (Å²) in [5, 5.41) is 0. The minimum absolute atomic E-state index is 0.225. The molecular formula is C18H19F2NO. The van der Waals surface area contributed by atoms with Gasteiger partial charge < -0.3 is 4.74 Å². The number of likely N-dealkylation sites (tertiary alicyclic amines) is 1. The lowest BCUT2D eigenvalue weighted by Gasteiger charge is -2.15. The molecule has 4 heteroatoms. The molecule has 0 saturated carbocycles. The van der Waals surface area contributed by atoms with Crippen LogP contribution in [0.15, 0.2) is 42.5 Å². The third kappa shape index (κ3) is 3.83. The maximum Gasteiger partial charge on any atom is 0.131 e. The molecule has 22 heavy (non-hydrogen) atoms. The van der Waals surface area contributed by atoms with E-state index in [1.807, 2.05) is 0 Å². The van der Waals surface area contributed by atoms with Crippen molar-refractivity contribution in [2.24, 2.45) is 0 Å². The molecule has 0 N–H and O–H groups in total. The molecule has 2 aromatic carbocycles. The van der Waals surface area contributed by atoms with E-state index >= 15 is 0 Å². The molecule has 0 aliphatic carbocycles. The van der Waals surface area contributed by atoms with Gasteiger partial charge in [-0.2, -0.15) is 0 Å². The fraction of sp³-hybridized carbons (Fsp3) is 0.333. The summed E-state index contributed by atoms with van der Waals surface area (Å²) in [5.41, 5.74) is 1.42. The molecule has 2 aromatic rings. The smallest absolute Gasteiger partial charge is 0.131 e. The Morgan fingerprint density at radius 1 is 1.00 bits per heavy atom. The molecule has 1 heterocycles. The van der Waals surface area contributed by atoms with E-state index in [4.69, 9.17) is 4.74 Å². The highest BCUT2D eigenvalue weighted by molar-refractivity contribution is 5.29. The monoisotopic (exact) mass is 303 g/mol. The first-order chi connectivity index (χ1) is 10.7. The van der Waals surface area contributed by atoms with Crippen LogP contribution in [-0.2, 0) is 13.2 Å². The summed E-state index contributed by atoms with van der Waals surface area (Å²) in [6.07, 6.45) is 2.38. The third-order valence-electron chi connectivity index (χ3n) is 3.91. The van der Waals surface area contributed by atoms with Gasteiger partial charge in [-0.25, -0.2) is 8.78 Å². The summed E-state index contributed by atoms with van der Waals surface area (Å²) in [6.45, 7) is 2.95. The molecule has 0 atom stereocenters. The number of nitrogens with zero attached hydrogens (tertiary/aromatic N) is 1. The van der Waals surface area contributed by atoms with Gasteiger partial charge in [-0.3, -0.25) is 4.90 Å². The van der Waals surface area contributed by atoms with Crippen LogP contribution in [0.4, 0.5) is 8.78 Å². The maximum atomic E-state index is 14.1. The maximum absolute atomic E-state index is 14.1. The Bertz CT molecular complexity index is 639. The van der Waals surface area contributed by atoms with Gasteiger partial charge in [0, 0.05) is 18.2 Å². The molecule has 0 unspecified atom stereocenters. The lowest BCUT2D eigenvalue weighted by atomic mass is 10.2. The number of rotatable bonds is 5. The summed E-state index contributed by atoms with van der Waals surface area (Å²) < 4.78 is 32.7. The van der Waals surface area contributed by atoms with Crippen molar-refractivity contribution in [1.82, 2.24) is 4.90 Å². The van der Waals surface area contributed by atoms with Crippen LogP contribution in [0, 0.1) is 11.6 Å². The molecular weight excluding hydrogens is 284 g/mol. The van der Waals surface area contributed by atoms with Gasteiger partial charge in [0.05, 0.1) is 0 Å². The van der Waals surface area contributed by atoms with Gasteiger partial charge in [-0.1, -0.05) is 18.2 Å².